The molecule has 8 N–H and O–H groups in total. The molecule has 1 rings (SSSR count). The van der Waals surface area contributed by atoms with Crippen LogP contribution in [0.2, 0.25) is 0 Å². The zero-order chi connectivity index (χ0) is 25.3. The number of aliphatic carboxylic acids is 1. The molecule has 0 aliphatic heterocycles. The van der Waals surface area contributed by atoms with Crippen molar-refractivity contribution in [3.05, 3.63) is 18.2 Å². The van der Waals surface area contributed by atoms with E-state index in [-0.39, 0.29) is 24.7 Å². The third-order valence-corrected chi connectivity index (χ3v) is 5.02. The number of aromatic amines is 1. The highest BCUT2D eigenvalue weighted by Gasteiger charge is 2.33. The Hall–Kier alpha value is -2.99. The first-order chi connectivity index (χ1) is 15.3. The van der Waals surface area contributed by atoms with Crippen molar-refractivity contribution in [2.24, 2.45) is 17.6 Å². The van der Waals surface area contributed by atoms with Crippen molar-refractivity contribution in [1.29, 1.82) is 0 Å². The smallest absolute Gasteiger partial charge is 0.326 e. The number of nitrogens with two attached hydrogens (primary N) is 1. The zero-order valence-corrected chi connectivity index (χ0v) is 19.7. The Bertz CT molecular complexity index is 795. The van der Waals surface area contributed by atoms with E-state index < -0.39 is 54.0 Å². The summed E-state index contributed by atoms with van der Waals surface area (Å²) in [6, 6.07) is -4.60. The van der Waals surface area contributed by atoms with Gasteiger partial charge in [-0.05, 0) is 25.2 Å². The number of carbonyl (C=O) groups is 4. The third-order valence-electron chi connectivity index (χ3n) is 5.02. The predicted octanol–water partition coefficient (Wildman–Crippen LogP) is -1.10. The fraction of sp³-hybridized carbons (Fsp3) is 0.667. The maximum atomic E-state index is 12.9. The molecule has 0 radical (unpaired) electrons. The zero-order valence-electron chi connectivity index (χ0n) is 19.7. The van der Waals surface area contributed by atoms with E-state index in [0.29, 0.717) is 5.69 Å². The number of imidazole rings is 1. The summed E-state index contributed by atoms with van der Waals surface area (Å²) < 4.78 is 0. The van der Waals surface area contributed by atoms with E-state index >= 15 is 0 Å². The molecule has 33 heavy (non-hydrogen) atoms. The van der Waals surface area contributed by atoms with Crippen molar-refractivity contribution in [2.75, 3.05) is 0 Å². The second-order valence-corrected chi connectivity index (χ2v) is 8.87. The van der Waals surface area contributed by atoms with Crippen LogP contribution in [0.5, 0.6) is 0 Å². The van der Waals surface area contributed by atoms with Gasteiger partial charge in [0.15, 0.2) is 0 Å². The van der Waals surface area contributed by atoms with E-state index in [1.54, 1.807) is 13.8 Å². The number of amides is 3. The van der Waals surface area contributed by atoms with E-state index in [2.05, 4.69) is 25.9 Å². The monoisotopic (exact) mass is 468 g/mol. The van der Waals surface area contributed by atoms with Gasteiger partial charge in [-0.1, -0.05) is 27.7 Å². The quantitative estimate of drug-likeness (QED) is 0.189. The van der Waals surface area contributed by atoms with E-state index in [4.69, 9.17) is 5.73 Å². The van der Waals surface area contributed by atoms with Gasteiger partial charge in [0.2, 0.25) is 17.7 Å². The highest BCUT2D eigenvalue weighted by atomic mass is 16.4. The minimum absolute atomic E-state index is 0.00652. The second kappa shape index (κ2) is 12.9. The lowest BCUT2D eigenvalue weighted by Crippen LogP contribution is -2.60. The van der Waals surface area contributed by atoms with Crippen LogP contribution >= 0.6 is 0 Å². The van der Waals surface area contributed by atoms with Crippen molar-refractivity contribution in [3.63, 3.8) is 0 Å². The minimum atomic E-state index is -1.37. The van der Waals surface area contributed by atoms with Crippen molar-refractivity contribution in [1.82, 2.24) is 25.9 Å². The fourth-order valence-corrected chi connectivity index (χ4v) is 3.01. The molecule has 0 saturated carbocycles. The molecular formula is C21H36N6O6. The minimum Gasteiger partial charge on any atom is -0.480 e. The summed E-state index contributed by atoms with van der Waals surface area (Å²) in [7, 11) is 0. The number of aliphatic hydroxyl groups excluding tert-OH is 1. The molecule has 0 saturated heterocycles. The van der Waals surface area contributed by atoms with Crippen LogP contribution < -0.4 is 21.7 Å². The highest BCUT2D eigenvalue weighted by Crippen LogP contribution is 2.08. The van der Waals surface area contributed by atoms with E-state index in [9.17, 15) is 29.4 Å². The summed E-state index contributed by atoms with van der Waals surface area (Å²) in [5.41, 5.74) is 6.33. The summed E-state index contributed by atoms with van der Waals surface area (Å²) in [4.78, 5) is 56.4. The standard InChI is InChI=1S/C21H36N6O6/c1-10(2)6-15(21(32)33)26-18(29)14(7-13-8-23-9-24-13)25-20(31)17(12(5)28)27-19(30)16(22)11(3)4/h8-12,14-17,28H,6-7,22H2,1-5H3,(H,23,24)(H,25,31)(H,26,29)(H,27,30)(H,32,33). The van der Waals surface area contributed by atoms with Crippen LogP contribution in [0.4, 0.5) is 0 Å². The van der Waals surface area contributed by atoms with E-state index in [1.165, 1.54) is 19.4 Å². The molecule has 186 valence electrons. The number of nitrogens with zero attached hydrogens (tertiary/aromatic N) is 1. The predicted molar refractivity (Wildman–Crippen MR) is 120 cm³/mol. The number of carboxylic acids is 1. The number of hydrogen-bond donors (Lipinski definition) is 7. The SMILES string of the molecule is CC(C)CC(NC(=O)C(Cc1cnc[nH]1)NC(=O)C(NC(=O)C(N)C(C)C)C(C)O)C(=O)O. The molecule has 0 aliphatic carbocycles. The molecule has 12 nitrogen and oxygen atoms in total. The Balaban J connectivity index is 3.05. The molecule has 5 unspecified atom stereocenters. The van der Waals surface area contributed by atoms with Crippen molar-refractivity contribution in [2.45, 2.75) is 77.7 Å². The Morgan fingerprint density at radius 1 is 1.00 bits per heavy atom. The van der Waals surface area contributed by atoms with Crippen LogP contribution in [0.15, 0.2) is 12.5 Å². The number of H-pyrrole nitrogens is 1. The number of hydrogen-bond acceptors (Lipinski definition) is 7. The average molecular weight is 469 g/mol. The number of aromatic nitrogens is 2. The number of carboxylic acid groups (broad SMARTS) is 1. The normalized spacial score (nSPS) is 15.9. The lowest BCUT2D eigenvalue weighted by atomic mass is 10.0. The Morgan fingerprint density at radius 3 is 2.06 bits per heavy atom. The van der Waals surface area contributed by atoms with Crippen molar-refractivity contribution >= 4 is 23.7 Å². The molecule has 0 aliphatic rings. The lowest BCUT2D eigenvalue weighted by Gasteiger charge is -2.27. The maximum Gasteiger partial charge on any atom is 0.326 e. The van der Waals surface area contributed by atoms with Gasteiger partial charge in [0.05, 0.1) is 18.5 Å². The molecule has 1 heterocycles. The summed E-state index contributed by atoms with van der Waals surface area (Å²) in [5, 5.41) is 26.9. The van der Waals surface area contributed by atoms with Gasteiger partial charge in [-0.25, -0.2) is 9.78 Å². The van der Waals surface area contributed by atoms with Crippen LogP contribution in [0.25, 0.3) is 0 Å². The van der Waals surface area contributed by atoms with Gasteiger partial charge in [0, 0.05) is 18.3 Å². The van der Waals surface area contributed by atoms with Gasteiger partial charge >= 0.3 is 5.97 Å². The van der Waals surface area contributed by atoms with Gasteiger partial charge < -0.3 is 36.9 Å². The number of rotatable bonds is 13. The Labute approximate surface area is 193 Å². The molecule has 0 fully saturated rings. The van der Waals surface area contributed by atoms with Crippen LogP contribution in [-0.4, -0.2) is 74.1 Å². The van der Waals surface area contributed by atoms with Gasteiger partial charge in [-0.15, -0.1) is 0 Å². The maximum absolute atomic E-state index is 12.9. The van der Waals surface area contributed by atoms with Crippen molar-refractivity contribution < 1.29 is 29.4 Å². The van der Waals surface area contributed by atoms with Crippen LogP contribution in [0.1, 0.15) is 46.7 Å². The molecule has 12 heteroatoms. The number of nitrogens with one attached hydrogen (secondary N) is 4. The Kier molecular flexibility index (Phi) is 11.0. The largest absolute Gasteiger partial charge is 0.480 e. The molecule has 0 aromatic carbocycles. The van der Waals surface area contributed by atoms with E-state index in [1.807, 2.05) is 13.8 Å². The summed E-state index contributed by atoms with van der Waals surface area (Å²) in [5.74, 6) is -3.54. The molecule has 3 amide bonds. The Morgan fingerprint density at radius 2 is 1.61 bits per heavy atom. The van der Waals surface area contributed by atoms with E-state index in [0.717, 1.165) is 0 Å². The summed E-state index contributed by atoms with van der Waals surface area (Å²) in [6.45, 7) is 8.44. The lowest BCUT2D eigenvalue weighted by molar-refractivity contribution is -0.143. The van der Waals surface area contributed by atoms with Crippen LogP contribution in [-0.2, 0) is 25.6 Å². The first-order valence-corrected chi connectivity index (χ1v) is 10.9. The highest BCUT2D eigenvalue weighted by molar-refractivity contribution is 5.94. The topological polar surface area (TPSA) is 200 Å². The number of carbonyl (C=O) groups excluding carboxylic acids is 3. The molecule has 1 aromatic rings. The van der Waals surface area contributed by atoms with Gasteiger partial charge in [-0.2, -0.15) is 0 Å². The first kappa shape index (κ1) is 28.0. The summed E-state index contributed by atoms with van der Waals surface area (Å²) >= 11 is 0. The fourth-order valence-electron chi connectivity index (χ4n) is 3.01. The molecular weight excluding hydrogens is 432 g/mol. The van der Waals surface area contributed by atoms with Crippen LogP contribution in [0.3, 0.4) is 0 Å². The van der Waals surface area contributed by atoms with Gasteiger partial charge in [0.25, 0.3) is 0 Å². The van der Waals surface area contributed by atoms with Gasteiger partial charge in [0.1, 0.15) is 18.1 Å². The van der Waals surface area contributed by atoms with Gasteiger partial charge in [-0.3, -0.25) is 14.4 Å². The number of aliphatic hydroxyl groups is 1. The summed E-state index contributed by atoms with van der Waals surface area (Å²) in [6.07, 6.45) is 1.77. The molecule has 0 bridgehead atoms. The first-order valence-electron chi connectivity index (χ1n) is 10.9. The molecule has 0 spiro atoms. The molecule has 1 aromatic heterocycles. The van der Waals surface area contributed by atoms with Crippen molar-refractivity contribution in [3.8, 4) is 0 Å². The average Bonchev–Trinajstić information content (AvgIpc) is 3.22. The third kappa shape index (κ3) is 9.18. The second-order valence-electron chi connectivity index (χ2n) is 8.87. The van der Waals surface area contributed by atoms with Crippen LogP contribution in [0, 0.1) is 11.8 Å². The molecule has 5 atom stereocenters.